The van der Waals surface area contributed by atoms with Gasteiger partial charge in [-0.2, -0.15) is 13.2 Å². The van der Waals surface area contributed by atoms with Crippen molar-refractivity contribution in [2.24, 2.45) is 0 Å². The molecule has 1 heterocycles. The summed E-state index contributed by atoms with van der Waals surface area (Å²) in [4.78, 5) is 3.55. The van der Waals surface area contributed by atoms with Gasteiger partial charge in [0.1, 0.15) is 5.69 Å². The van der Waals surface area contributed by atoms with Gasteiger partial charge < -0.3 is 0 Å². The third-order valence-corrected chi connectivity index (χ3v) is 3.14. The number of benzene rings is 1. The van der Waals surface area contributed by atoms with E-state index in [9.17, 15) is 13.2 Å². The molecule has 0 saturated carbocycles. The van der Waals surface area contributed by atoms with Crippen LogP contribution >= 0.6 is 34.2 Å². The van der Waals surface area contributed by atoms with E-state index in [-0.39, 0.29) is 5.52 Å². The third kappa shape index (κ3) is 2.24. The van der Waals surface area contributed by atoms with Crippen LogP contribution in [0.5, 0.6) is 0 Å². The number of rotatable bonds is 0. The fourth-order valence-electron chi connectivity index (χ4n) is 1.30. The van der Waals surface area contributed by atoms with Crippen LogP contribution in [0.4, 0.5) is 13.2 Å². The minimum Gasteiger partial charge on any atom is -0.243 e. The molecule has 0 unspecified atom stereocenters. The van der Waals surface area contributed by atoms with Gasteiger partial charge in [0, 0.05) is 14.0 Å². The standard InChI is InChI=1S/C10H4ClF3IN/c11-5-1-2-6-7(15)4-9(10(12,13)14)16-8(6)3-5/h1-4H. The molecular formula is C10H4ClF3IN. The topological polar surface area (TPSA) is 12.9 Å². The van der Waals surface area contributed by atoms with Crippen molar-refractivity contribution in [1.82, 2.24) is 4.98 Å². The van der Waals surface area contributed by atoms with Crippen LogP contribution in [0.15, 0.2) is 24.3 Å². The summed E-state index contributed by atoms with van der Waals surface area (Å²) >= 11 is 7.57. The van der Waals surface area contributed by atoms with Crippen LogP contribution in [-0.4, -0.2) is 4.98 Å². The SMILES string of the molecule is FC(F)(F)c1cc(I)c2ccc(Cl)cc2n1. The number of alkyl halides is 3. The molecule has 0 spiro atoms. The molecule has 0 amide bonds. The quantitative estimate of drug-likeness (QED) is 0.632. The largest absolute Gasteiger partial charge is 0.433 e. The highest BCUT2D eigenvalue weighted by atomic mass is 127. The second-order valence-corrected chi connectivity index (χ2v) is 4.75. The summed E-state index contributed by atoms with van der Waals surface area (Å²) in [7, 11) is 0. The predicted octanol–water partition coefficient (Wildman–Crippen LogP) is 4.51. The molecule has 0 fully saturated rings. The molecule has 1 nitrogen and oxygen atoms in total. The number of nitrogens with zero attached hydrogens (tertiary/aromatic N) is 1. The second kappa shape index (κ2) is 4.03. The minimum absolute atomic E-state index is 0.256. The molecule has 1 aromatic carbocycles. The maximum absolute atomic E-state index is 12.5. The average Bonchev–Trinajstić information content (AvgIpc) is 2.15. The van der Waals surface area contributed by atoms with Crippen LogP contribution in [0.3, 0.4) is 0 Å². The lowest BCUT2D eigenvalue weighted by atomic mass is 10.2. The third-order valence-electron chi connectivity index (χ3n) is 2.01. The molecule has 1 aromatic heterocycles. The average molecular weight is 358 g/mol. The first-order valence-corrected chi connectivity index (χ1v) is 5.66. The molecule has 0 radical (unpaired) electrons. The fraction of sp³-hybridized carbons (Fsp3) is 0.100. The van der Waals surface area contributed by atoms with Crippen molar-refractivity contribution >= 4 is 45.1 Å². The summed E-state index contributed by atoms with van der Waals surface area (Å²) in [6, 6.07) is 5.73. The smallest absolute Gasteiger partial charge is 0.243 e. The molecule has 6 heteroatoms. The van der Waals surface area contributed by atoms with Gasteiger partial charge in [-0.3, -0.25) is 0 Å². The van der Waals surface area contributed by atoms with E-state index in [0.717, 1.165) is 6.07 Å². The van der Waals surface area contributed by atoms with Crippen molar-refractivity contribution in [2.45, 2.75) is 6.18 Å². The Morgan fingerprint density at radius 2 is 1.88 bits per heavy atom. The van der Waals surface area contributed by atoms with Crippen molar-refractivity contribution in [3.63, 3.8) is 0 Å². The Kier molecular flexibility index (Phi) is 3.00. The molecule has 0 N–H and O–H groups in total. The predicted molar refractivity (Wildman–Crippen MR) is 64.5 cm³/mol. The van der Waals surface area contributed by atoms with Gasteiger partial charge in [-0.15, -0.1) is 0 Å². The number of aromatic nitrogens is 1. The zero-order chi connectivity index (χ0) is 11.9. The highest BCUT2D eigenvalue weighted by Crippen LogP contribution is 2.32. The Morgan fingerprint density at radius 1 is 1.19 bits per heavy atom. The Morgan fingerprint density at radius 3 is 2.50 bits per heavy atom. The first kappa shape index (κ1) is 11.9. The Bertz CT molecular complexity index is 553. The lowest BCUT2D eigenvalue weighted by Crippen LogP contribution is -2.08. The molecular weight excluding hydrogens is 353 g/mol. The maximum atomic E-state index is 12.5. The summed E-state index contributed by atoms with van der Waals surface area (Å²) in [5, 5.41) is 1.04. The normalized spacial score (nSPS) is 12.1. The Balaban J connectivity index is 2.75. The van der Waals surface area contributed by atoms with Crippen molar-refractivity contribution in [3.05, 3.63) is 38.6 Å². The van der Waals surface area contributed by atoms with E-state index in [0.29, 0.717) is 14.0 Å². The van der Waals surface area contributed by atoms with Gasteiger partial charge in [0.2, 0.25) is 0 Å². The molecule has 2 rings (SSSR count). The second-order valence-electron chi connectivity index (χ2n) is 3.15. The lowest BCUT2D eigenvalue weighted by Gasteiger charge is -2.08. The van der Waals surface area contributed by atoms with Crippen molar-refractivity contribution in [2.75, 3.05) is 0 Å². The highest BCUT2D eigenvalue weighted by Gasteiger charge is 2.33. The lowest BCUT2D eigenvalue weighted by molar-refractivity contribution is -0.141. The number of hydrogen-bond acceptors (Lipinski definition) is 1. The minimum atomic E-state index is -4.43. The first-order chi connectivity index (χ1) is 7.38. The monoisotopic (exact) mass is 357 g/mol. The molecule has 0 atom stereocenters. The van der Waals surface area contributed by atoms with Crippen LogP contribution in [0.2, 0.25) is 5.02 Å². The van der Waals surface area contributed by atoms with E-state index >= 15 is 0 Å². The highest BCUT2D eigenvalue weighted by molar-refractivity contribution is 14.1. The summed E-state index contributed by atoms with van der Waals surface area (Å²) in [5.74, 6) is 0. The maximum Gasteiger partial charge on any atom is 0.433 e. The molecule has 0 saturated heterocycles. The van der Waals surface area contributed by atoms with Gasteiger partial charge >= 0.3 is 6.18 Å². The van der Waals surface area contributed by atoms with E-state index in [1.54, 1.807) is 12.1 Å². The van der Waals surface area contributed by atoms with Crippen LogP contribution in [0, 0.1) is 3.57 Å². The molecule has 0 aliphatic carbocycles. The van der Waals surface area contributed by atoms with E-state index in [1.807, 2.05) is 22.6 Å². The summed E-state index contributed by atoms with van der Waals surface area (Å²) in [5.41, 5.74) is -0.640. The molecule has 16 heavy (non-hydrogen) atoms. The number of hydrogen-bond donors (Lipinski definition) is 0. The van der Waals surface area contributed by atoms with Gasteiger partial charge in [0.25, 0.3) is 0 Å². The van der Waals surface area contributed by atoms with E-state index < -0.39 is 11.9 Å². The van der Waals surface area contributed by atoms with Gasteiger partial charge in [-0.05, 0) is 40.8 Å². The number of halogens is 5. The fourth-order valence-corrected chi connectivity index (χ4v) is 2.22. The molecule has 2 aromatic rings. The van der Waals surface area contributed by atoms with E-state index in [1.165, 1.54) is 6.07 Å². The van der Waals surface area contributed by atoms with Gasteiger partial charge in [-0.25, -0.2) is 4.98 Å². The Hall–Kier alpha value is -0.560. The molecule has 0 bridgehead atoms. The van der Waals surface area contributed by atoms with Gasteiger partial charge in [-0.1, -0.05) is 17.7 Å². The summed E-state index contributed by atoms with van der Waals surface area (Å²) in [6.45, 7) is 0. The molecule has 0 aliphatic heterocycles. The van der Waals surface area contributed by atoms with E-state index in [4.69, 9.17) is 11.6 Å². The van der Waals surface area contributed by atoms with Crippen molar-refractivity contribution in [3.8, 4) is 0 Å². The van der Waals surface area contributed by atoms with Crippen LogP contribution in [0.1, 0.15) is 5.69 Å². The first-order valence-electron chi connectivity index (χ1n) is 4.21. The molecule has 84 valence electrons. The number of fused-ring (bicyclic) bond motifs is 1. The van der Waals surface area contributed by atoms with Crippen molar-refractivity contribution in [1.29, 1.82) is 0 Å². The zero-order valence-electron chi connectivity index (χ0n) is 7.65. The zero-order valence-corrected chi connectivity index (χ0v) is 10.6. The number of pyridine rings is 1. The summed E-state index contributed by atoms with van der Waals surface area (Å²) in [6.07, 6.45) is -4.43. The van der Waals surface area contributed by atoms with E-state index in [2.05, 4.69) is 4.98 Å². The molecule has 0 aliphatic rings. The van der Waals surface area contributed by atoms with Gasteiger partial charge in [0.05, 0.1) is 5.52 Å². The van der Waals surface area contributed by atoms with Crippen LogP contribution in [0.25, 0.3) is 10.9 Å². The summed E-state index contributed by atoms with van der Waals surface area (Å²) < 4.78 is 38.0. The van der Waals surface area contributed by atoms with Crippen LogP contribution < -0.4 is 0 Å². The van der Waals surface area contributed by atoms with Crippen LogP contribution in [-0.2, 0) is 6.18 Å². The Labute approximate surface area is 108 Å². The van der Waals surface area contributed by atoms with Gasteiger partial charge in [0.15, 0.2) is 0 Å². The van der Waals surface area contributed by atoms with Crippen molar-refractivity contribution < 1.29 is 13.2 Å².